The molecule has 0 aromatic rings. The van der Waals surface area contributed by atoms with E-state index < -0.39 is 11.8 Å². The van der Waals surface area contributed by atoms with Crippen molar-refractivity contribution in [2.75, 3.05) is 0 Å². The van der Waals surface area contributed by atoms with Crippen LogP contribution in [-0.2, 0) is 4.79 Å². The highest BCUT2D eigenvalue weighted by atomic mass is 19.1. The lowest BCUT2D eigenvalue weighted by Gasteiger charge is -2.54. The molecule has 0 aromatic heterocycles. The number of alkyl halides is 1. The minimum absolute atomic E-state index is 0.0711. The Bertz CT molecular complexity index is 632. The molecule has 0 saturated heterocycles. The number of carbonyl (C=O) groups excluding carboxylic acids is 1. The van der Waals surface area contributed by atoms with E-state index in [4.69, 9.17) is 0 Å². The summed E-state index contributed by atoms with van der Waals surface area (Å²) in [5.41, 5.74) is 1.52. The molecule has 3 heteroatoms. The molecule has 0 radical (unpaired) electrons. The summed E-state index contributed by atoms with van der Waals surface area (Å²) in [4.78, 5) is 11.8. The zero-order valence-corrected chi connectivity index (χ0v) is 14.4. The SMILES string of the molecule is C[C@]12C[C@H](F)C(=O)C=C1CC[C@@H]1C2=CC[C@]2(C)[C@H]1CC[C@@]2(C)O. The van der Waals surface area contributed by atoms with Crippen molar-refractivity contribution in [2.24, 2.45) is 22.7 Å². The molecule has 0 bridgehead atoms. The van der Waals surface area contributed by atoms with Crippen LogP contribution in [0.1, 0.15) is 59.3 Å². The molecular weight excluding hydrogens is 291 g/mol. The molecule has 0 spiro atoms. The van der Waals surface area contributed by atoms with Gasteiger partial charge in [0.1, 0.15) is 0 Å². The zero-order valence-electron chi connectivity index (χ0n) is 14.4. The maximum atomic E-state index is 14.2. The molecule has 4 rings (SSSR count). The molecule has 6 atom stereocenters. The number of carbonyl (C=O) groups is 1. The van der Waals surface area contributed by atoms with E-state index in [2.05, 4.69) is 19.9 Å². The van der Waals surface area contributed by atoms with Gasteiger partial charge >= 0.3 is 0 Å². The van der Waals surface area contributed by atoms with Gasteiger partial charge in [-0.15, -0.1) is 0 Å². The van der Waals surface area contributed by atoms with Crippen LogP contribution in [0.3, 0.4) is 0 Å². The number of hydrogen-bond donors (Lipinski definition) is 1. The second-order valence-electron chi connectivity index (χ2n) is 8.92. The summed E-state index contributed by atoms with van der Waals surface area (Å²) in [6.07, 6.45) is 7.53. The maximum absolute atomic E-state index is 14.2. The highest BCUT2D eigenvalue weighted by molar-refractivity contribution is 5.95. The summed E-state index contributed by atoms with van der Waals surface area (Å²) < 4.78 is 14.2. The third-order valence-electron chi connectivity index (χ3n) is 7.91. The average Bonchev–Trinajstić information content (AvgIpc) is 2.71. The molecule has 2 nitrogen and oxygen atoms in total. The predicted molar refractivity (Wildman–Crippen MR) is 87.6 cm³/mol. The van der Waals surface area contributed by atoms with Gasteiger partial charge in [0.2, 0.25) is 0 Å². The average molecular weight is 318 g/mol. The summed E-state index contributed by atoms with van der Waals surface area (Å²) in [6.45, 7) is 6.35. The number of halogens is 1. The molecule has 4 aliphatic rings. The normalized spacial score (nSPS) is 52.2. The number of aliphatic hydroxyl groups is 1. The molecule has 0 unspecified atom stereocenters. The van der Waals surface area contributed by atoms with Gasteiger partial charge in [-0.05, 0) is 63.4 Å². The molecule has 126 valence electrons. The first-order chi connectivity index (χ1) is 10.7. The van der Waals surface area contributed by atoms with Crippen molar-refractivity contribution in [1.29, 1.82) is 0 Å². The fourth-order valence-corrected chi connectivity index (χ4v) is 6.11. The second kappa shape index (κ2) is 4.56. The number of allylic oxidation sites excluding steroid dienone is 4. The maximum Gasteiger partial charge on any atom is 0.189 e. The third-order valence-corrected chi connectivity index (χ3v) is 7.91. The van der Waals surface area contributed by atoms with E-state index in [-0.39, 0.29) is 16.6 Å². The molecule has 1 N–H and O–H groups in total. The third kappa shape index (κ3) is 1.86. The van der Waals surface area contributed by atoms with Gasteiger partial charge < -0.3 is 5.11 Å². The van der Waals surface area contributed by atoms with Gasteiger partial charge in [-0.3, -0.25) is 4.79 Å². The Hall–Kier alpha value is -0.960. The van der Waals surface area contributed by atoms with Crippen molar-refractivity contribution in [3.05, 3.63) is 23.3 Å². The quantitative estimate of drug-likeness (QED) is 0.682. The molecule has 2 saturated carbocycles. The van der Waals surface area contributed by atoms with E-state index in [0.29, 0.717) is 18.3 Å². The van der Waals surface area contributed by atoms with E-state index in [9.17, 15) is 14.3 Å². The van der Waals surface area contributed by atoms with Crippen LogP contribution in [-0.4, -0.2) is 22.7 Å². The van der Waals surface area contributed by atoms with Gasteiger partial charge in [-0.2, -0.15) is 0 Å². The first kappa shape index (κ1) is 15.6. The molecule has 23 heavy (non-hydrogen) atoms. The lowest BCUT2D eigenvalue weighted by Crippen LogP contribution is -2.50. The summed E-state index contributed by atoms with van der Waals surface area (Å²) in [5.74, 6) is 0.567. The van der Waals surface area contributed by atoms with Crippen molar-refractivity contribution in [1.82, 2.24) is 0 Å². The van der Waals surface area contributed by atoms with Gasteiger partial charge in [0, 0.05) is 10.8 Å². The van der Waals surface area contributed by atoms with Crippen molar-refractivity contribution in [2.45, 2.75) is 71.1 Å². The van der Waals surface area contributed by atoms with Crippen LogP contribution >= 0.6 is 0 Å². The van der Waals surface area contributed by atoms with Gasteiger partial charge in [-0.1, -0.05) is 31.1 Å². The number of fused-ring (bicyclic) bond motifs is 5. The molecule has 0 amide bonds. The molecule has 4 aliphatic carbocycles. The predicted octanol–water partition coefficient (Wildman–Crippen LogP) is 4.14. The van der Waals surface area contributed by atoms with E-state index in [1.807, 2.05) is 6.92 Å². The van der Waals surface area contributed by atoms with Crippen LogP contribution in [0.25, 0.3) is 0 Å². The van der Waals surface area contributed by atoms with E-state index in [0.717, 1.165) is 37.7 Å². The lowest BCUT2D eigenvalue weighted by atomic mass is 9.51. The van der Waals surface area contributed by atoms with Crippen molar-refractivity contribution in [3.63, 3.8) is 0 Å². The number of ketones is 1. The molecular formula is C20H27FO2. The van der Waals surface area contributed by atoms with Crippen molar-refractivity contribution in [3.8, 4) is 0 Å². The molecule has 0 aromatic carbocycles. The summed E-state index contributed by atoms with van der Waals surface area (Å²) >= 11 is 0. The van der Waals surface area contributed by atoms with Gasteiger partial charge in [0.15, 0.2) is 12.0 Å². The van der Waals surface area contributed by atoms with Crippen LogP contribution in [0.2, 0.25) is 0 Å². The zero-order chi connectivity index (χ0) is 16.6. The van der Waals surface area contributed by atoms with Crippen molar-refractivity contribution < 1.29 is 14.3 Å². The van der Waals surface area contributed by atoms with Gasteiger partial charge in [0.25, 0.3) is 0 Å². The van der Waals surface area contributed by atoms with Crippen LogP contribution < -0.4 is 0 Å². The lowest BCUT2D eigenvalue weighted by molar-refractivity contribution is -0.121. The monoisotopic (exact) mass is 318 g/mol. The smallest absolute Gasteiger partial charge is 0.189 e. The van der Waals surface area contributed by atoms with E-state index in [1.54, 1.807) is 6.08 Å². The summed E-state index contributed by atoms with van der Waals surface area (Å²) in [7, 11) is 0. The molecule has 2 fully saturated rings. The first-order valence-electron chi connectivity index (χ1n) is 9.01. The molecule has 0 aliphatic heterocycles. The van der Waals surface area contributed by atoms with E-state index >= 15 is 0 Å². The standard InChI is InChI=1S/C20H27FO2/c1-18-11-16(21)17(22)10-12(18)4-5-13-14(18)6-8-19(2)15(13)7-9-20(19,3)23/h6,10,13,15-16,23H,4-5,7-9,11H2,1-3H3/t13-,15+,16+,18+,19-,20-/m1/s1. The highest BCUT2D eigenvalue weighted by Gasteiger charge is 2.60. The molecule has 0 heterocycles. The first-order valence-corrected chi connectivity index (χ1v) is 9.01. The Balaban J connectivity index is 1.78. The Kier molecular flexibility index (Phi) is 3.09. The largest absolute Gasteiger partial charge is 0.390 e. The Morgan fingerprint density at radius 2 is 2.00 bits per heavy atom. The van der Waals surface area contributed by atoms with Crippen LogP contribution in [0.5, 0.6) is 0 Å². The Morgan fingerprint density at radius 1 is 1.26 bits per heavy atom. The Morgan fingerprint density at radius 3 is 2.74 bits per heavy atom. The number of hydrogen-bond acceptors (Lipinski definition) is 2. The van der Waals surface area contributed by atoms with Gasteiger partial charge in [-0.25, -0.2) is 4.39 Å². The highest BCUT2D eigenvalue weighted by Crippen LogP contribution is 2.65. The minimum Gasteiger partial charge on any atom is -0.390 e. The van der Waals surface area contributed by atoms with Crippen LogP contribution in [0.4, 0.5) is 4.39 Å². The summed E-state index contributed by atoms with van der Waals surface area (Å²) in [6, 6.07) is 0. The minimum atomic E-state index is -1.36. The van der Waals surface area contributed by atoms with Gasteiger partial charge in [0.05, 0.1) is 5.60 Å². The Labute approximate surface area is 137 Å². The van der Waals surface area contributed by atoms with Crippen LogP contribution in [0, 0.1) is 22.7 Å². The number of rotatable bonds is 0. The second-order valence-corrected chi connectivity index (χ2v) is 8.92. The van der Waals surface area contributed by atoms with E-state index in [1.165, 1.54) is 5.57 Å². The topological polar surface area (TPSA) is 37.3 Å². The van der Waals surface area contributed by atoms with Crippen molar-refractivity contribution >= 4 is 5.78 Å². The summed E-state index contributed by atoms with van der Waals surface area (Å²) in [5, 5.41) is 10.9. The van der Waals surface area contributed by atoms with Crippen LogP contribution in [0.15, 0.2) is 23.3 Å². The fourth-order valence-electron chi connectivity index (χ4n) is 6.11. The fraction of sp³-hybridized carbons (Fsp3) is 0.750.